The van der Waals surface area contributed by atoms with Crippen molar-refractivity contribution in [3.8, 4) is 0 Å². The van der Waals surface area contributed by atoms with Gasteiger partial charge in [-0.3, -0.25) is 0 Å². The van der Waals surface area contributed by atoms with E-state index in [-0.39, 0.29) is 6.61 Å². The maximum Gasteiger partial charge on any atom is 0.337 e. The molecular formula is C11H12ClFO5S. The van der Waals surface area contributed by atoms with Crippen molar-refractivity contribution in [3.63, 3.8) is 0 Å². The quantitative estimate of drug-likeness (QED) is 0.861. The van der Waals surface area contributed by atoms with E-state index in [0.717, 1.165) is 6.07 Å². The van der Waals surface area contributed by atoms with E-state index in [1.54, 1.807) is 0 Å². The van der Waals surface area contributed by atoms with E-state index in [1.165, 1.54) is 6.92 Å². The van der Waals surface area contributed by atoms with Crippen molar-refractivity contribution < 1.29 is 27.8 Å². The minimum Gasteiger partial charge on any atom is -0.478 e. The van der Waals surface area contributed by atoms with Crippen LogP contribution in [-0.4, -0.2) is 37.0 Å². The number of halogens is 2. The highest BCUT2D eigenvalue weighted by molar-refractivity contribution is 7.91. The number of aromatic carboxylic acids is 1. The Bertz CT molecular complexity index is 599. The van der Waals surface area contributed by atoms with Crippen LogP contribution >= 0.6 is 11.6 Å². The predicted molar refractivity (Wildman–Crippen MR) is 66.7 cm³/mol. The van der Waals surface area contributed by atoms with Crippen molar-refractivity contribution in [1.29, 1.82) is 0 Å². The second-order valence-corrected chi connectivity index (χ2v) is 6.55. The Labute approximate surface area is 114 Å². The second kappa shape index (κ2) is 5.85. The lowest BCUT2D eigenvalue weighted by Gasteiger charge is -2.10. The molecule has 8 heteroatoms. The van der Waals surface area contributed by atoms with Crippen LogP contribution in [0.3, 0.4) is 0 Å². The summed E-state index contributed by atoms with van der Waals surface area (Å²) in [4.78, 5) is 10.4. The van der Waals surface area contributed by atoms with Crippen LogP contribution < -0.4 is 0 Å². The Morgan fingerprint density at radius 1 is 1.47 bits per heavy atom. The first-order valence-corrected chi connectivity index (χ1v) is 7.28. The molecule has 1 atom stereocenters. The van der Waals surface area contributed by atoms with Crippen LogP contribution in [0, 0.1) is 11.7 Å². The van der Waals surface area contributed by atoms with E-state index < -0.39 is 48.8 Å². The minimum atomic E-state index is -3.89. The smallest absolute Gasteiger partial charge is 0.337 e. The largest absolute Gasteiger partial charge is 0.478 e. The van der Waals surface area contributed by atoms with Crippen LogP contribution in [0.1, 0.15) is 17.3 Å². The number of carbonyl (C=O) groups is 1. The summed E-state index contributed by atoms with van der Waals surface area (Å²) >= 11 is 5.45. The Morgan fingerprint density at radius 3 is 2.53 bits per heavy atom. The number of hydrogen-bond acceptors (Lipinski definition) is 4. The van der Waals surface area contributed by atoms with Gasteiger partial charge in [0.15, 0.2) is 9.84 Å². The average molecular weight is 311 g/mol. The molecule has 19 heavy (non-hydrogen) atoms. The summed E-state index contributed by atoms with van der Waals surface area (Å²) in [5.41, 5.74) is -0.614. The molecule has 0 aliphatic heterocycles. The molecule has 0 saturated carbocycles. The number of aliphatic hydroxyl groups is 1. The number of rotatable bonds is 5. The SMILES string of the molecule is CC(CO)CS(=O)(=O)c1cc(F)c(Cl)c(C(=O)O)c1. The fourth-order valence-corrected chi connectivity index (χ4v) is 3.24. The number of carboxylic acid groups (broad SMARTS) is 1. The van der Waals surface area contributed by atoms with E-state index in [2.05, 4.69) is 0 Å². The summed E-state index contributed by atoms with van der Waals surface area (Å²) in [7, 11) is -3.89. The molecule has 2 N–H and O–H groups in total. The van der Waals surface area contributed by atoms with Gasteiger partial charge in [-0.1, -0.05) is 18.5 Å². The summed E-state index contributed by atoms with van der Waals surface area (Å²) in [5, 5.41) is 17.0. The summed E-state index contributed by atoms with van der Waals surface area (Å²) < 4.78 is 37.3. The van der Waals surface area contributed by atoms with Crippen LogP contribution in [0.2, 0.25) is 5.02 Å². The molecule has 0 saturated heterocycles. The highest BCUT2D eigenvalue weighted by Crippen LogP contribution is 2.25. The first-order valence-electron chi connectivity index (χ1n) is 5.25. The molecule has 0 spiro atoms. The maximum atomic E-state index is 13.4. The Hall–Kier alpha value is -1.18. The highest BCUT2D eigenvalue weighted by Gasteiger charge is 2.23. The van der Waals surface area contributed by atoms with Gasteiger partial charge in [0.05, 0.1) is 21.2 Å². The van der Waals surface area contributed by atoms with Gasteiger partial charge in [-0.25, -0.2) is 17.6 Å². The Kier molecular flexibility index (Phi) is 4.89. The van der Waals surface area contributed by atoms with Gasteiger partial charge in [-0.2, -0.15) is 0 Å². The van der Waals surface area contributed by atoms with Gasteiger partial charge in [-0.05, 0) is 18.1 Å². The molecule has 0 aromatic heterocycles. The van der Waals surface area contributed by atoms with E-state index in [4.69, 9.17) is 21.8 Å². The van der Waals surface area contributed by atoms with E-state index >= 15 is 0 Å². The zero-order valence-corrected chi connectivity index (χ0v) is 11.5. The van der Waals surface area contributed by atoms with Crippen molar-refractivity contribution in [2.24, 2.45) is 5.92 Å². The van der Waals surface area contributed by atoms with Crippen LogP contribution in [0.15, 0.2) is 17.0 Å². The number of hydrogen-bond donors (Lipinski definition) is 2. The first kappa shape index (κ1) is 15.9. The lowest BCUT2D eigenvalue weighted by atomic mass is 10.2. The number of benzene rings is 1. The topological polar surface area (TPSA) is 91.7 Å². The van der Waals surface area contributed by atoms with Gasteiger partial charge in [-0.15, -0.1) is 0 Å². The zero-order chi connectivity index (χ0) is 14.8. The molecular weight excluding hydrogens is 299 g/mol. The highest BCUT2D eigenvalue weighted by atomic mass is 35.5. The van der Waals surface area contributed by atoms with Crippen LogP contribution in [0.4, 0.5) is 4.39 Å². The maximum absolute atomic E-state index is 13.4. The average Bonchev–Trinajstić information content (AvgIpc) is 2.31. The zero-order valence-electron chi connectivity index (χ0n) is 9.93. The Balaban J connectivity index is 3.32. The second-order valence-electron chi connectivity index (χ2n) is 4.14. The molecule has 0 heterocycles. The third-order valence-electron chi connectivity index (χ3n) is 2.41. The van der Waals surface area contributed by atoms with Gasteiger partial charge in [0, 0.05) is 6.61 Å². The fraction of sp³-hybridized carbons (Fsp3) is 0.364. The van der Waals surface area contributed by atoms with E-state index in [9.17, 15) is 17.6 Å². The van der Waals surface area contributed by atoms with Gasteiger partial charge >= 0.3 is 5.97 Å². The number of sulfone groups is 1. The third kappa shape index (κ3) is 3.65. The molecule has 0 fully saturated rings. The monoisotopic (exact) mass is 310 g/mol. The standard InChI is InChI=1S/C11H12ClFO5S/c1-6(4-14)5-19(17,18)7-2-8(11(15)16)10(12)9(13)3-7/h2-3,6,14H,4-5H2,1H3,(H,15,16). The summed E-state index contributed by atoms with van der Waals surface area (Å²) in [5.74, 6) is -3.59. The number of aliphatic hydroxyl groups excluding tert-OH is 1. The van der Waals surface area contributed by atoms with E-state index in [0.29, 0.717) is 6.07 Å². The van der Waals surface area contributed by atoms with Gasteiger partial charge in [0.1, 0.15) is 5.82 Å². The molecule has 0 bridgehead atoms. The number of carboxylic acids is 1. The molecule has 1 unspecified atom stereocenters. The molecule has 1 rings (SSSR count). The van der Waals surface area contributed by atoms with Crippen molar-refractivity contribution in [1.82, 2.24) is 0 Å². The van der Waals surface area contributed by atoms with Gasteiger partial charge in [0.2, 0.25) is 0 Å². The van der Waals surface area contributed by atoms with E-state index in [1.807, 2.05) is 0 Å². The molecule has 1 aromatic rings. The summed E-state index contributed by atoms with van der Waals surface area (Å²) in [6, 6.07) is 1.49. The molecule has 0 radical (unpaired) electrons. The van der Waals surface area contributed by atoms with Crippen molar-refractivity contribution in [3.05, 3.63) is 28.5 Å². The lowest BCUT2D eigenvalue weighted by Crippen LogP contribution is -2.17. The van der Waals surface area contributed by atoms with Crippen LogP contribution in [0.5, 0.6) is 0 Å². The fourth-order valence-electron chi connectivity index (χ4n) is 1.42. The van der Waals surface area contributed by atoms with Crippen LogP contribution in [0.25, 0.3) is 0 Å². The predicted octanol–water partition coefficient (Wildman–Crippen LogP) is 1.58. The molecule has 0 aliphatic carbocycles. The molecule has 106 valence electrons. The normalized spacial score (nSPS) is 13.3. The van der Waals surface area contributed by atoms with Gasteiger partial charge in [0.25, 0.3) is 0 Å². The molecule has 0 amide bonds. The minimum absolute atomic E-state index is 0.346. The lowest BCUT2D eigenvalue weighted by molar-refractivity contribution is 0.0696. The van der Waals surface area contributed by atoms with Crippen molar-refractivity contribution >= 4 is 27.4 Å². The summed E-state index contributed by atoms with van der Waals surface area (Å²) in [6.07, 6.45) is 0. The summed E-state index contributed by atoms with van der Waals surface area (Å²) in [6.45, 7) is 1.16. The molecule has 1 aromatic carbocycles. The first-order chi connectivity index (χ1) is 8.69. The molecule has 5 nitrogen and oxygen atoms in total. The van der Waals surface area contributed by atoms with Crippen LogP contribution in [-0.2, 0) is 9.84 Å². The Morgan fingerprint density at radius 2 is 2.05 bits per heavy atom. The third-order valence-corrected chi connectivity index (χ3v) is 4.75. The van der Waals surface area contributed by atoms with Crippen molar-refractivity contribution in [2.45, 2.75) is 11.8 Å². The van der Waals surface area contributed by atoms with Crippen molar-refractivity contribution in [2.75, 3.05) is 12.4 Å². The molecule has 0 aliphatic rings. The van der Waals surface area contributed by atoms with Gasteiger partial charge < -0.3 is 10.2 Å².